The van der Waals surface area contributed by atoms with E-state index in [0.29, 0.717) is 16.0 Å². The molecule has 82 valence electrons. The van der Waals surface area contributed by atoms with E-state index in [1.807, 2.05) is 13.8 Å². The lowest BCUT2D eigenvalue weighted by Crippen LogP contribution is -2.21. The van der Waals surface area contributed by atoms with Gasteiger partial charge in [0.05, 0.1) is 12.1 Å². The maximum atomic E-state index is 11.5. The summed E-state index contributed by atoms with van der Waals surface area (Å²) in [5, 5.41) is 0. The van der Waals surface area contributed by atoms with E-state index in [4.69, 9.17) is 5.73 Å². The predicted molar refractivity (Wildman–Crippen MR) is 59.5 cm³/mol. The average Bonchev–Trinajstić information content (AvgIpc) is 2.09. The van der Waals surface area contributed by atoms with Crippen LogP contribution in [-0.2, 0) is 11.2 Å². The number of amides is 1. The molecule has 3 N–H and O–H groups in total. The Balaban J connectivity index is 3.23. The highest BCUT2D eigenvalue weighted by atomic mass is 79.9. The highest BCUT2D eigenvalue weighted by molar-refractivity contribution is 9.10. The van der Waals surface area contributed by atoms with Gasteiger partial charge in [0.1, 0.15) is 10.3 Å². The van der Waals surface area contributed by atoms with Crippen molar-refractivity contribution < 1.29 is 4.79 Å². The molecule has 0 aliphatic rings. The normalized spacial score (nSPS) is 10.7. The lowest BCUT2D eigenvalue weighted by Gasteiger charge is -2.08. The maximum Gasteiger partial charge on any atom is 0.265 e. The number of H-pyrrole nitrogens is 1. The Bertz CT molecular complexity index is 439. The lowest BCUT2D eigenvalue weighted by atomic mass is 10.1. The van der Waals surface area contributed by atoms with E-state index in [-0.39, 0.29) is 17.9 Å². The van der Waals surface area contributed by atoms with Crippen molar-refractivity contribution in [2.75, 3.05) is 0 Å². The van der Waals surface area contributed by atoms with Gasteiger partial charge >= 0.3 is 0 Å². The van der Waals surface area contributed by atoms with E-state index in [9.17, 15) is 9.59 Å². The predicted octanol–water partition coefficient (Wildman–Crippen LogP) is 0.684. The number of hydrogen-bond acceptors (Lipinski definition) is 3. The van der Waals surface area contributed by atoms with Crippen molar-refractivity contribution in [3.8, 4) is 0 Å². The van der Waals surface area contributed by atoms with E-state index >= 15 is 0 Å². The fourth-order valence-electron chi connectivity index (χ4n) is 1.16. The summed E-state index contributed by atoms with van der Waals surface area (Å²) >= 11 is 3.16. The molecule has 1 heterocycles. The molecular weight excluding hydrogens is 262 g/mol. The molecule has 15 heavy (non-hydrogen) atoms. The quantitative estimate of drug-likeness (QED) is 0.849. The Morgan fingerprint density at radius 2 is 2.20 bits per heavy atom. The van der Waals surface area contributed by atoms with Crippen LogP contribution in [0.2, 0.25) is 0 Å². The van der Waals surface area contributed by atoms with Crippen molar-refractivity contribution in [3.05, 3.63) is 26.3 Å². The molecule has 1 amide bonds. The van der Waals surface area contributed by atoms with Gasteiger partial charge < -0.3 is 10.7 Å². The SMILES string of the molecule is CC(C)c1nc(CC(N)=O)[nH]c(=O)c1Br. The number of aromatic nitrogens is 2. The summed E-state index contributed by atoms with van der Waals surface area (Å²) in [6.07, 6.45) is -0.0533. The second-order valence-corrected chi connectivity index (χ2v) is 4.30. The monoisotopic (exact) mass is 273 g/mol. The van der Waals surface area contributed by atoms with Gasteiger partial charge in [-0.2, -0.15) is 0 Å². The summed E-state index contributed by atoms with van der Waals surface area (Å²) in [6, 6.07) is 0. The van der Waals surface area contributed by atoms with Crippen LogP contribution in [0.1, 0.15) is 31.3 Å². The zero-order valence-corrected chi connectivity index (χ0v) is 10.1. The van der Waals surface area contributed by atoms with Gasteiger partial charge in [0.2, 0.25) is 5.91 Å². The molecule has 0 unspecified atom stereocenters. The molecule has 0 bridgehead atoms. The average molecular weight is 274 g/mol. The molecule has 0 saturated carbocycles. The first-order valence-corrected chi connectivity index (χ1v) is 5.28. The molecule has 0 saturated heterocycles. The fourth-order valence-corrected chi connectivity index (χ4v) is 1.80. The Kier molecular flexibility index (Phi) is 3.62. The molecular formula is C9H12BrN3O2. The first-order chi connectivity index (χ1) is 6.91. The standard InChI is InChI=1S/C9H12BrN3O2/c1-4(2)8-7(10)9(15)13-6(12-8)3-5(11)14/h4H,3H2,1-2H3,(H2,11,14)(H,12,13,15). The number of nitrogens with two attached hydrogens (primary N) is 1. The summed E-state index contributed by atoms with van der Waals surface area (Å²) < 4.78 is 0.408. The topological polar surface area (TPSA) is 88.8 Å². The largest absolute Gasteiger partial charge is 0.369 e. The van der Waals surface area contributed by atoms with Gasteiger partial charge in [-0.15, -0.1) is 0 Å². The Morgan fingerprint density at radius 3 is 2.67 bits per heavy atom. The minimum absolute atomic E-state index is 0.0533. The number of nitrogens with zero attached hydrogens (tertiary/aromatic N) is 1. The number of hydrogen-bond donors (Lipinski definition) is 2. The van der Waals surface area contributed by atoms with E-state index in [0.717, 1.165) is 0 Å². The zero-order valence-electron chi connectivity index (χ0n) is 8.50. The van der Waals surface area contributed by atoms with Crippen molar-refractivity contribution in [1.29, 1.82) is 0 Å². The molecule has 0 radical (unpaired) electrons. The van der Waals surface area contributed by atoms with Crippen LogP contribution in [-0.4, -0.2) is 15.9 Å². The van der Waals surface area contributed by atoms with E-state index in [1.54, 1.807) is 0 Å². The van der Waals surface area contributed by atoms with E-state index in [2.05, 4.69) is 25.9 Å². The number of aromatic amines is 1. The van der Waals surface area contributed by atoms with Crippen LogP contribution in [0.3, 0.4) is 0 Å². The van der Waals surface area contributed by atoms with Gasteiger partial charge in [-0.1, -0.05) is 13.8 Å². The van der Waals surface area contributed by atoms with Crippen molar-refractivity contribution in [2.45, 2.75) is 26.2 Å². The number of carbonyl (C=O) groups is 1. The van der Waals surface area contributed by atoms with Gasteiger partial charge in [-0.05, 0) is 21.8 Å². The molecule has 1 aromatic heterocycles. The van der Waals surface area contributed by atoms with Gasteiger partial charge in [0, 0.05) is 0 Å². The second kappa shape index (κ2) is 4.57. The molecule has 0 aliphatic heterocycles. The number of halogens is 1. The minimum Gasteiger partial charge on any atom is -0.369 e. The van der Waals surface area contributed by atoms with Crippen LogP contribution in [0.25, 0.3) is 0 Å². The Morgan fingerprint density at radius 1 is 1.60 bits per heavy atom. The van der Waals surface area contributed by atoms with Crippen molar-refractivity contribution >= 4 is 21.8 Å². The third kappa shape index (κ3) is 2.89. The third-order valence-electron chi connectivity index (χ3n) is 1.83. The maximum absolute atomic E-state index is 11.5. The van der Waals surface area contributed by atoms with Gasteiger partial charge in [-0.25, -0.2) is 4.98 Å². The fraction of sp³-hybridized carbons (Fsp3) is 0.444. The third-order valence-corrected chi connectivity index (χ3v) is 2.59. The number of nitrogens with one attached hydrogen (secondary N) is 1. The first-order valence-electron chi connectivity index (χ1n) is 4.48. The molecule has 1 aromatic rings. The van der Waals surface area contributed by atoms with Gasteiger partial charge in [0.15, 0.2) is 0 Å². The van der Waals surface area contributed by atoms with Crippen LogP contribution in [0, 0.1) is 0 Å². The van der Waals surface area contributed by atoms with Crippen LogP contribution >= 0.6 is 15.9 Å². The van der Waals surface area contributed by atoms with Crippen LogP contribution in [0.4, 0.5) is 0 Å². The van der Waals surface area contributed by atoms with Crippen molar-refractivity contribution in [3.63, 3.8) is 0 Å². The molecule has 5 nitrogen and oxygen atoms in total. The van der Waals surface area contributed by atoms with E-state index in [1.165, 1.54) is 0 Å². The molecule has 6 heteroatoms. The molecule has 0 fully saturated rings. The first kappa shape index (κ1) is 11.9. The highest BCUT2D eigenvalue weighted by Crippen LogP contribution is 2.18. The summed E-state index contributed by atoms with van der Waals surface area (Å²) in [6.45, 7) is 3.83. The van der Waals surface area contributed by atoms with Crippen LogP contribution in [0.5, 0.6) is 0 Å². The molecule has 1 rings (SSSR count). The number of rotatable bonds is 3. The zero-order chi connectivity index (χ0) is 11.6. The number of carbonyl (C=O) groups excluding carboxylic acids is 1. The van der Waals surface area contributed by atoms with Gasteiger partial charge in [-0.3, -0.25) is 9.59 Å². The van der Waals surface area contributed by atoms with Crippen LogP contribution < -0.4 is 11.3 Å². The van der Waals surface area contributed by atoms with Crippen molar-refractivity contribution in [1.82, 2.24) is 9.97 Å². The van der Waals surface area contributed by atoms with Crippen molar-refractivity contribution in [2.24, 2.45) is 5.73 Å². The molecule has 0 spiro atoms. The number of primary amides is 1. The molecule has 0 aliphatic carbocycles. The molecule has 0 atom stereocenters. The minimum atomic E-state index is -0.518. The summed E-state index contributed by atoms with van der Waals surface area (Å²) in [5.41, 5.74) is 5.37. The summed E-state index contributed by atoms with van der Waals surface area (Å²) in [5.74, 6) is -0.108. The molecule has 0 aromatic carbocycles. The lowest BCUT2D eigenvalue weighted by molar-refractivity contribution is -0.117. The Hall–Kier alpha value is -1.17. The highest BCUT2D eigenvalue weighted by Gasteiger charge is 2.12. The van der Waals surface area contributed by atoms with Crippen LogP contribution in [0.15, 0.2) is 9.27 Å². The summed E-state index contributed by atoms with van der Waals surface area (Å²) in [7, 11) is 0. The smallest absolute Gasteiger partial charge is 0.265 e. The Labute approximate surface area is 95.2 Å². The summed E-state index contributed by atoms with van der Waals surface area (Å²) in [4.78, 5) is 28.8. The second-order valence-electron chi connectivity index (χ2n) is 3.51. The van der Waals surface area contributed by atoms with Gasteiger partial charge in [0.25, 0.3) is 5.56 Å². The van der Waals surface area contributed by atoms with E-state index < -0.39 is 5.91 Å².